The molecule has 162 valence electrons. The predicted octanol–water partition coefficient (Wildman–Crippen LogP) is 2.10. The van der Waals surface area contributed by atoms with E-state index in [0.717, 1.165) is 19.6 Å². The number of piperazine rings is 1. The van der Waals surface area contributed by atoms with Gasteiger partial charge in [0.15, 0.2) is 19.7 Å². The second kappa shape index (κ2) is 8.59. The summed E-state index contributed by atoms with van der Waals surface area (Å²) in [5.41, 5.74) is 1.23. The molecule has 2 aromatic rings. The average molecular weight is 469 g/mol. The molecule has 2 heterocycles. The second-order valence-electron chi connectivity index (χ2n) is 7.98. The highest BCUT2D eigenvalue weighted by Gasteiger charge is 2.48. The van der Waals surface area contributed by atoms with Gasteiger partial charge in [-0.05, 0) is 29.8 Å². The fourth-order valence-electron chi connectivity index (χ4n) is 4.33. The van der Waals surface area contributed by atoms with Gasteiger partial charge in [0.05, 0.1) is 21.7 Å². The number of nitrogens with zero attached hydrogens (tertiary/aromatic N) is 2. The molecular weight excluding hydrogens is 444 g/mol. The largest absolute Gasteiger partial charge is 0.297 e. The van der Waals surface area contributed by atoms with Crippen molar-refractivity contribution in [2.24, 2.45) is 0 Å². The van der Waals surface area contributed by atoms with Crippen LogP contribution in [-0.2, 0) is 26.2 Å². The smallest absolute Gasteiger partial charge is 0.183 e. The van der Waals surface area contributed by atoms with E-state index in [9.17, 15) is 16.8 Å². The highest BCUT2D eigenvalue weighted by atomic mass is 35.5. The highest BCUT2D eigenvalue weighted by Crippen LogP contribution is 2.30. The zero-order valence-electron chi connectivity index (χ0n) is 16.5. The third kappa shape index (κ3) is 4.73. The number of hydrogen-bond acceptors (Lipinski definition) is 6. The zero-order valence-corrected chi connectivity index (χ0v) is 18.9. The molecule has 0 saturated carbocycles. The van der Waals surface area contributed by atoms with Crippen molar-refractivity contribution in [3.05, 3.63) is 65.2 Å². The molecule has 0 radical (unpaired) electrons. The van der Waals surface area contributed by atoms with Gasteiger partial charge >= 0.3 is 0 Å². The number of rotatable bonds is 5. The summed E-state index contributed by atoms with van der Waals surface area (Å²) in [5, 5.41) is -0.511. The summed E-state index contributed by atoms with van der Waals surface area (Å²) in [4.78, 5) is 4.49. The summed E-state index contributed by atoms with van der Waals surface area (Å²) < 4.78 is 51.3. The Labute approximate surface area is 183 Å². The first-order chi connectivity index (χ1) is 14.2. The van der Waals surface area contributed by atoms with Crippen LogP contribution in [0.25, 0.3) is 0 Å². The van der Waals surface area contributed by atoms with Gasteiger partial charge in [-0.15, -0.1) is 0 Å². The molecule has 0 aliphatic carbocycles. The van der Waals surface area contributed by atoms with Crippen molar-refractivity contribution in [3.8, 4) is 0 Å². The molecule has 2 aromatic carbocycles. The van der Waals surface area contributed by atoms with E-state index in [1.807, 2.05) is 23.1 Å². The lowest BCUT2D eigenvalue weighted by Crippen LogP contribution is -2.54. The van der Waals surface area contributed by atoms with Crippen LogP contribution in [0.3, 0.4) is 0 Å². The van der Waals surface area contributed by atoms with Crippen molar-refractivity contribution in [2.75, 3.05) is 37.7 Å². The molecule has 2 fully saturated rings. The van der Waals surface area contributed by atoms with Crippen molar-refractivity contribution >= 4 is 31.3 Å². The first kappa shape index (κ1) is 21.8. The maximum atomic E-state index is 13.2. The molecule has 4 rings (SSSR count). The monoisotopic (exact) mass is 468 g/mol. The molecule has 0 bridgehead atoms. The Morgan fingerprint density at radius 3 is 2.17 bits per heavy atom. The van der Waals surface area contributed by atoms with Crippen molar-refractivity contribution in [1.82, 2.24) is 9.80 Å². The Hall–Kier alpha value is -1.45. The molecule has 0 unspecified atom stereocenters. The summed E-state index contributed by atoms with van der Waals surface area (Å²) in [7, 11) is -7.20. The maximum Gasteiger partial charge on any atom is 0.183 e. The summed E-state index contributed by atoms with van der Waals surface area (Å²) >= 11 is 5.89. The summed E-state index contributed by atoms with van der Waals surface area (Å²) in [6, 6.07) is 15.6. The van der Waals surface area contributed by atoms with Gasteiger partial charge < -0.3 is 0 Å². The van der Waals surface area contributed by atoms with Crippen LogP contribution in [0.4, 0.5) is 0 Å². The van der Waals surface area contributed by atoms with E-state index < -0.39 is 31.0 Å². The fourth-order valence-corrected chi connectivity index (χ4v) is 9.28. The standard InChI is InChI=1S/C21H25ClN2O4S2/c22-18-6-8-19(9-7-18)30(27,28)21-16-29(25,26)15-20(21)24-12-10-23(11-13-24)14-17-4-2-1-3-5-17/h1-9,20-21H,10-16H2/t20-,21-/m0/s1. The van der Waals surface area contributed by atoms with Gasteiger partial charge in [0.25, 0.3) is 0 Å². The predicted molar refractivity (Wildman–Crippen MR) is 118 cm³/mol. The normalized spacial score (nSPS) is 25.4. The number of halogens is 1. The lowest BCUT2D eigenvalue weighted by atomic mass is 10.1. The lowest BCUT2D eigenvalue weighted by Gasteiger charge is -2.39. The van der Waals surface area contributed by atoms with Crippen LogP contribution in [0, 0.1) is 0 Å². The molecule has 2 saturated heterocycles. The van der Waals surface area contributed by atoms with Gasteiger partial charge in [0, 0.05) is 43.8 Å². The van der Waals surface area contributed by atoms with Crippen molar-refractivity contribution in [2.45, 2.75) is 22.7 Å². The Morgan fingerprint density at radius 2 is 1.53 bits per heavy atom. The SMILES string of the molecule is O=S1(=O)C[C@H](N2CCN(Cc3ccccc3)CC2)[C@@H](S(=O)(=O)c2ccc(Cl)cc2)C1. The van der Waals surface area contributed by atoms with Crippen LogP contribution in [0.5, 0.6) is 0 Å². The summed E-state index contributed by atoms with van der Waals surface area (Å²) in [5.74, 6) is -0.434. The third-order valence-corrected chi connectivity index (χ3v) is 10.3. The van der Waals surface area contributed by atoms with Gasteiger partial charge in [-0.25, -0.2) is 16.8 Å². The average Bonchev–Trinajstić information content (AvgIpc) is 3.06. The van der Waals surface area contributed by atoms with E-state index in [4.69, 9.17) is 11.6 Å². The van der Waals surface area contributed by atoms with Crippen LogP contribution in [0.2, 0.25) is 5.02 Å². The van der Waals surface area contributed by atoms with Gasteiger partial charge in [-0.1, -0.05) is 41.9 Å². The molecular formula is C21H25ClN2O4S2. The minimum atomic E-state index is -3.78. The first-order valence-corrected chi connectivity index (χ1v) is 13.7. The zero-order chi connectivity index (χ0) is 21.4. The van der Waals surface area contributed by atoms with Gasteiger partial charge in [-0.3, -0.25) is 9.80 Å². The lowest BCUT2D eigenvalue weighted by molar-refractivity contribution is 0.101. The topological polar surface area (TPSA) is 74.8 Å². The number of hydrogen-bond donors (Lipinski definition) is 0. The Bertz CT molecular complexity index is 1080. The molecule has 0 N–H and O–H groups in total. The van der Waals surface area contributed by atoms with Gasteiger partial charge in [0.1, 0.15) is 0 Å². The Balaban J connectivity index is 1.49. The molecule has 6 nitrogen and oxygen atoms in total. The molecule has 2 aliphatic heterocycles. The molecule has 0 amide bonds. The van der Waals surface area contributed by atoms with Crippen LogP contribution in [0.1, 0.15) is 5.56 Å². The van der Waals surface area contributed by atoms with Gasteiger partial charge in [-0.2, -0.15) is 0 Å². The Morgan fingerprint density at radius 1 is 0.900 bits per heavy atom. The maximum absolute atomic E-state index is 13.2. The van der Waals surface area contributed by atoms with Crippen molar-refractivity contribution < 1.29 is 16.8 Å². The molecule has 2 atom stereocenters. The van der Waals surface area contributed by atoms with Crippen LogP contribution < -0.4 is 0 Å². The molecule has 0 spiro atoms. The first-order valence-electron chi connectivity index (χ1n) is 9.95. The number of benzene rings is 2. The quantitative estimate of drug-likeness (QED) is 0.669. The van der Waals surface area contributed by atoms with E-state index in [1.165, 1.54) is 29.8 Å². The summed E-state index contributed by atoms with van der Waals surface area (Å²) in [6.45, 7) is 3.70. The van der Waals surface area contributed by atoms with Crippen molar-refractivity contribution in [1.29, 1.82) is 0 Å². The van der Waals surface area contributed by atoms with Crippen molar-refractivity contribution in [3.63, 3.8) is 0 Å². The van der Waals surface area contributed by atoms with E-state index in [1.54, 1.807) is 0 Å². The van der Waals surface area contributed by atoms with E-state index in [-0.39, 0.29) is 16.4 Å². The molecule has 9 heteroatoms. The fraction of sp³-hybridized carbons (Fsp3) is 0.429. The van der Waals surface area contributed by atoms with Crippen LogP contribution in [0.15, 0.2) is 59.5 Å². The minimum Gasteiger partial charge on any atom is -0.297 e. The van der Waals surface area contributed by atoms with E-state index in [2.05, 4.69) is 17.0 Å². The van der Waals surface area contributed by atoms with Crippen LogP contribution in [-0.4, -0.2) is 75.6 Å². The molecule has 0 aromatic heterocycles. The Kier molecular flexibility index (Phi) is 6.23. The minimum absolute atomic E-state index is 0.108. The van der Waals surface area contributed by atoms with E-state index in [0.29, 0.717) is 18.1 Å². The molecule has 30 heavy (non-hydrogen) atoms. The third-order valence-electron chi connectivity index (χ3n) is 5.94. The summed E-state index contributed by atoms with van der Waals surface area (Å²) in [6.07, 6.45) is 0. The van der Waals surface area contributed by atoms with Gasteiger partial charge in [0.2, 0.25) is 0 Å². The van der Waals surface area contributed by atoms with E-state index >= 15 is 0 Å². The molecule has 2 aliphatic rings. The highest BCUT2D eigenvalue weighted by molar-refractivity contribution is 7.96. The second-order valence-corrected chi connectivity index (χ2v) is 12.7. The number of sulfone groups is 2. The van der Waals surface area contributed by atoms with Crippen LogP contribution >= 0.6 is 11.6 Å².